The average Bonchev–Trinajstić information content (AvgIpc) is 2.05. The van der Waals surface area contributed by atoms with Crippen molar-refractivity contribution in [3.05, 3.63) is 25.6 Å². The lowest BCUT2D eigenvalue weighted by molar-refractivity contribution is -0.137. The summed E-state index contributed by atoms with van der Waals surface area (Å²) in [5, 5.41) is 8.34. The van der Waals surface area contributed by atoms with Gasteiger partial charge in [0.2, 0.25) is 0 Å². The first kappa shape index (κ1) is 11.2. The van der Waals surface area contributed by atoms with Crippen LogP contribution in [0, 0.1) is 0 Å². The molecule has 0 bridgehead atoms. The molecule has 5 nitrogen and oxygen atoms in total. The first-order valence-corrected chi connectivity index (χ1v) is 3.54. The van der Waals surface area contributed by atoms with E-state index in [1.165, 1.54) is 6.20 Å². The molecule has 0 spiro atoms. The van der Waals surface area contributed by atoms with Crippen LogP contribution in [0.25, 0.3) is 0 Å². The Morgan fingerprint density at radius 2 is 2.08 bits per heavy atom. The summed E-state index contributed by atoms with van der Waals surface area (Å²) in [6.45, 7) is 6.57. The SMILES string of the molecule is C=COC(=O)N(C=C)CCC(=O)O. The summed E-state index contributed by atoms with van der Waals surface area (Å²) in [4.78, 5) is 22.2. The largest absolute Gasteiger partial charge is 0.481 e. The summed E-state index contributed by atoms with van der Waals surface area (Å²) in [5.41, 5.74) is 0. The molecule has 0 aromatic carbocycles. The van der Waals surface area contributed by atoms with Gasteiger partial charge in [-0.25, -0.2) is 4.79 Å². The molecule has 5 heteroatoms. The standard InChI is InChI=1S/C8H11NO4/c1-3-9(6-5-7(10)11)8(12)13-4-2/h3-4H,1-2,5-6H2,(H,10,11). The lowest BCUT2D eigenvalue weighted by atomic mass is 10.4. The van der Waals surface area contributed by atoms with Gasteiger partial charge in [-0.2, -0.15) is 0 Å². The van der Waals surface area contributed by atoms with Crippen LogP contribution >= 0.6 is 0 Å². The third-order valence-electron chi connectivity index (χ3n) is 1.21. The number of amides is 1. The van der Waals surface area contributed by atoms with Gasteiger partial charge in [0, 0.05) is 12.7 Å². The van der Waals surface area contributed by atoms with Crippen molar-refractivity contribution in [3.63, 3.8) is 0 Å². The highest BCUT2D eigenvalue weighted by Crippen LogP contribution is 1.97. The van der Waals surface area contributed by atoms with Gasteiger partial charge in [0.15, 0.2) is 0 Å². The van der Waals surface area contributed by atoms with Crippen LogP contribution in [0.15, 0.2) is 25.6 Å². The second-order valence-electron chi connectivity index (χ2n) is 2.07. The quantitative estimate of drug-likeness (QED) is 0.653. The number of carbonyl (C=O) groups is 2. The van der Waals surface area contributed by atoms with E-state index in [4.69, 9.17) is 5.11 Å². The maximum absolute atomic E-state index is 11.0. The molecule has 72 valence electrons. The fourth-order valence-electron chi connectivity index (χ4n) is 0.612. The summed E-state index contributed by atoms with van der Waals surface area (Å²) in [6, 6.07) is 0. The molecule has 0 unspecified atom stereocenters. The Hall–Kier alpha value is -1.78. The van der Waals surface area contributed by atoms with Gasteiger partial charge in [0.25, 0.3) is 0 Å². The monoisotopic (exact) mass is 185 g/mol. The minimum Gasteiger partial charge on any atom is -0.481 e. The van der Waals surface area contributed by atoms with Crippen molar-refractivity contribution in [2.45, 2.75) is 6.42 Å². The van der Waals surface area contributed by atoms with Gasteiger partial charge in [-0.3, -0.25) is 9.69 Å². The van der Waals surface area contributed by atoms with Crippen LogP contribution in [0.4, 0.5) is 4.79 Å². The van der Waals surface area contributed by atoms with E-state index < -0.39 is 12.1 Å². The van der Waals surface area contributed by atoms with E-state index in [1.54, 1.807) is 0 Å². The highest BCUT2D eigenvalue weighted by atomic mass is 16.5. The second-order valence-corrected chi connectivity index (χ2v) is 2.07. The Bertz CT molecular complexity index is 224. The first-order chi connectivity index (χ1) is 6.11. The van der Waals surface area contributed by atoms with Crippen LogP contribution < -0.4 is 0 Å². The molecule has 0 radical (unpaired) electrons. The molecule has 0 aromatic rings. The van der Waals surface area contributed by atoms with Crippen LogP contribution in [0.3, 0.4) is 0 Å². The van der Waals surface area contributed by atoms with Gasteiger partial charge in [-0.05, 0) is 0 Å². The van der Waals surface area contributed by atoms with E-state index in [0.717, 1.165) is 11.2 Å². The zero-order valence-electron chi connectivity index (χ0n) is 7.10. The summed E-state index contributed by atoms with van der Waals surface area (Å²) in [6.07, 6.45) is 1.33. The van der Waals surface area contributed by atoms with Crippen LogP contribution in [-0.4, -0.2) is 28.6 Å². The predicted octanol–water partition coefficient (Wildman–Crippen LogP) is 1.19. The molecule has 0 aliphatic rings. The molecule has 0 saturated heterocycles. The predicted molar refractivity (Wildman–Crippen MR) is 45.8 cm³/mol. The van der Waals surface area contributed by atoms with Crippen LogP contribution in [0.5, 0.6) is 0 Å². The van der Waals surface area contributed by atoms with E-state index in [9.17, 15) is 9.59 Å². The van der Waals surface area contributed by atoms with Gasteiger partial charge in [0.05, 0.1) is 12.7 Å². The van der Waals surface area contributed by atoms with E-state index >= 15 is 0 Å². The molecule has 0 saturated carbocycles. The molecule has 0 fully saturated rings. The van der Waals surface area contributed by atoms with Crippen molar-refractivity contribution in [2.24, 2.45) is 0 Å². The number of hydrogen-bond acceptors (Lipinski definition) is 3. The normalized spacial score (nSPS) is 8.62. The highest BCUT2D eigenvalue weighted by Gasteiger charge is 2.11. The minimum atomic E-state index is -0.988. The van der Waals surface area contributed by atoms with Crippen molar-refractivity contribution < 1.29 is 19.4 Å². The third-order valence-corrected chi connectivity index (χ3v) is 1.21. The molecular weight excluding hydrogens is 174 g/mol. The topological polar surface area (TPSA) is 66.8 Å². The van der Waals surface area contributed by atoms with Crippen molar-refractivity contribution in [3.8, 4) is 0 Å². The summed E-state index contributed by atoms with van der Waals surface area (Å²) >= 11 is 0. The number of ether oxygens (including phenoxy) is 1. The molecular formula is C8H11NO4. The van der Waals surface area contributed by atoms with Crippen molar-refractivity contribution >= 4 is 12.1 Å². The molecule has 0 aliphatic carbocycles. The number of carboxylic acids is 1. The van der Waals surface area contributed by atoms with Crippen molar-refractivity contribution in [1.82, 2.24) is 4.90 Å². The minimum absolute atomic E-state index is 0.0332. The maximum Gasteiger partial charge on any atom is 0.418 e. The number of hydrogen-bond donors (Lipinski definition) is 1. The Labute approximate surface area is 75.9 Å². The van der Waals surface area contributed by atoms with E-state index in [1.807, 2.05) is 0 Å². The second kappa shape index (κ2) is 5.82. The Balaban J connectivity index is 4.01. The molecule has 0 aromatic heterocycles. The number of aliphatic carboxylic acids is 1. The smallest absolute Gasteiger partial charge is 0.418 e. The Morgan fingerprint density at radius 1 is 1.46 bits per heavy atom. The first-order valence-electron chi connectivity index (χ1n) is 3.54. The fourth-order valence-corrected chi connectivity index (χ4v) is 0.612. The summed E-state index contributed by atoms with van der Waals surface area (Å²) in [7, 11) is 0. The lowest BCUT2D eigenvalue weighted by Gasteiger charge is -2.14. The molecule has 13 heavy (non-hydrogen) atoms. The van der Waals surface area contributed by atoms with Crippen LogP contribution in [0.1, 0.15) is 6.42 Å². The fraction of sp³-hybridized carbons (Fsp3) is 0.250. The molecule has 0 heterocycles. The molecule has 1 amide bonds. The average molecular weight is 185 g/mol. The Kier molecular flexibility index (Phi) is 5.02. The number of nitrogens with zero attached hydrogens (tertiary/aromatic N) is 1. The summed E-state index contributed by atoms with van der Waals surface area (Å²) in [5.74, 6) is -0.988. The van der Waals surface area contributed by atoms with Crippen molar-refractivity contribution in [1.29, 1.82) is 0 Å². The van der Waals surface area contributed by atoms with Crippen LogP contribution in [0.2, 0.25) is 0 Å². The zero-order valence-corrected chi connectivity index (χ0v) is 7.10. The van der Waals surface area contributed by atoms with E-state index in [-0.39, 0.29) is 13.0 Å². The zero-order chi connectivity index (χ0) is 10.3. The summed E-state index contributed by atoms with van der Waals surface area (Å²) < 4.78 is 4.41. The molecule has 1 N–H and O–H groups in total. The van der Waals surface area contributed by atoms with Crippen LogP contribution in [-0.2, 0) is 9.53 Å². The number of carboxylic acid groups (broad SMARTS) is 1. The maximum atomic E-state index is 11.0. The number of carbonyl (C=O) groups excluding carboxylic acids is 1. The molecule has 0 rings (SSSR count). The van der Waals surface area contributed by atoms with Crippen molar-refractivity contribution in [2.75, 3.05) is 6.54 Å². The van der Waals surface area contributed by atoms with Gasteiger partial charge in [-0.1, -0.05) is 13.2 Å². The number of rotatable bonds is 5. The highest BCUT2D eigenvalue weighted by molar-refractivity contribution is 5.71. The van der Waals surface area contributed by atoms with Gasteiger partial charge in [-0.15, -0.1) is 0 Å². The van der Waals surface area contributed by atoms with E-state index in [0.29, 0.717) is 0 Å². The van der Waals surface area contributed by atoms with Gasteiger partial charge in [0.1, 0.15) is 0 Å². The Morgan fingerprint density at radius 3 is 2.46 bits per heavy atom. The third kappa shape index (κ3) is 4.62. The lowest BCUT2D eigenvalue weighted by Crippen LogP contribution is -2.27. The van der Waals surface area contributed by atoms with Gasteiger partial charge < -0.3 is 9.84 Å². The molecule has 0 aliphatic heterocycles. The molecule has 0 atom stereocenters. The van der Waals surface area contributed by atoms with Gasteiger partial charge >= 0.3 is 12.1 Å². The van der Waals surface area contributed by atoms with E-state index in [2.05, 4.69) is 17.9 Å².